The summed E-state index contributed by atoms with van der Waals surface area (Å²) in [5.41, 5.74) is 0. The van der Waals surface area contributed by atoms with Crippen LogP contribution in [0.3, 0.4) is 0 Å². The van der Waals surface area contributed by atoms with Crippen molar-refractivity contribution in [3.63, 3.8) is 0 Å². The van der Waals surface area contributed by atoms with E-state index in [1.54, 1.807) is 4.90 Å². The second kappa shape index (κ2) is 8.17. The van der Waals surface area contributed by atoms with Gasteiger partial charge in [0.25, 0.3) is 0 Å². The Labute approximate surface area is 133 Å². The average Bonchev–Trinajstić information content (AvgIpc) is 3.14. The largest absolute Gasteiger partial charge is 0.338 e. The SMILES string of the molecule is CCN1CCC(CNC(=O)N(C)CCCc2nccn2C)C1. The molecule has 0 radical (unpaired) electrons. The summed E-state index contributed by atoms with van der Waals surface area (Å²) in [5.74, 6) is 1.67. The van der Waals surface area contributed by atoms with Gasteiger partial charge in [0.15, 0.2) is 0 Å². The van der Waals surface area contributed by atoms with Crippen LogP contribution in [0.25, 0.3) is 0 Å². The lowest BCUT2D eigenvalue weighted by Crippen LogP contribution is -2.40. The van der Waals surface area contributed by atoms with Gasteiger partial charge in [-0.05, 0) is 31.8 Å². The molecular formula is C16H29N5O. The molecule has 0 saturated carbocycles. The van der Waals surface area contributed by atoms with Crippen molar-refractivity contribution in [3.8, 4) is 0 Å². The van der Waals surface area contributed by atoms with Gasteiger partial charge < -0.3 is 19.7 Å². The van der Waals surface area contributed by atoms with Crippen LogP contribution in [0.15, 0.2) is 12.4 Å². The van der Waals surface area contributed by atoms with Crippen LogP contribution in [0.4, 0.5) is 4.79 Å². The second-order valence-electron chi connectivity index (χ2n) is 6.21. The number of nitrogens with one attached hydrogen (secondary N) is 1. The summed E-state index contributed by atoms with van der Waals surface area (Å²) >= 11 is 0. The number of carbonyl (C=O) groups excluding carboxylic acids is 1. The van der Waals surface area contributed by atoms with E-state index in [4.69, 9.17) is 0 Å². The van der Waals surface area contributed by atoms with Gasteiger partial charge in [-0.2, -0.15) is 0 Å². The highest BCUT2D eigenvalue weighted by molar-refractivity contribution is 5.73. The maximum Gasteiger partial charge on any atom is 0.317 e. The first kappa shape index (κ1) is 16.8. The summed E-state index contributed by atoms with van der Waals surface area (Å²) in [6, 6.07) is 0.0368. The number of hydrogen-bond acceptors (Lipinski definition) is 3. The zero-order valence-electron chi connectivity index (χ0n) is 14.1. The van der Waals surface area contributed by atoms with E-state index < -0.39 is 0 Å². The molecule has 0 spiro atoms. The number of likely N-dealkylation sites (tertiary alicyclic amines) is 1. The molecule has 6 heteroatoms. The van der Waals surface area contributed by atoms with Gasteiger partial charge in [-0.1, -0.05) is 6.92 Å². The molecule has 1 fully saturated rings. The van der Waals surface area contributed by atoms with Crippen LogP contribution >= 0.6 is 0 Å². The highest BCUT2D eigenvalue weighted by Gasteiger charge is 2.21. The molecule has 0 aromatic carbocycles. The highest BCUT2D eigenvalue weighted by atomic mass is 16.2. The normalized spacial score (nSPS) is 18.6. The Hall–Kier alpha value is -1.56. The Morgan fingerprint density at radius 2 is 2.36 bits per heavy atom. The summed E-state index contributed by atoms with van der Waals surface area (Å²) in [7, 11) is 3.86. The molecule has 1 saturated heterocycles. The van der Waals surface area contributed by atoms with Crippen LogP contribution in [0.5, 0.6) is 0 Å². The van der Waals surface area contributed by atoms with Crippen molar-refractivity contribution in [2.45, 2.75) is 26.2 Å². The number of imidazole rings is 1. The van der Waals surface area contributed by atoms with E-state index in [0.29, 0.717) is 5.92 Å². The lowest BCUT2D eigenvalue weighted by molar-refractivity contribution is 0.206. The predicted molar refractivity (Wildman–Crippen MR) is 87.8 cm³/mol. The first-order valence-corrected chi connectivity index (χ1v) is 8.27. The van der Waals surface area contributed by atoms with Crippen molar-refractivity contribution >= 4 is 6.03 Å². The van der Waals surface area contributed by atoms with Gasteiger partial charge in [0.1, 0.15) is 5.82 Å². The molecule has 2 heterocycles. The molecule has 1 aliphatic heterocycles. The first-order valence-electron chi connectivity index (χ1n) is 8.27. The molecule has 1 unspecified atom stereocenters. The third-order valence-corrected chi connectivity index (χ3v) is 4.52. The van der Waals surface area contributed by atoms with Crippen molar-refractivity contribution in [1.29, 1.82) is 0 Å². The van der Waals surface area contributed by atoms with Gasteiger partial charge in [0, 0.05) is 52.5 Å². The van der Waals surface area contributed by atoms with Crippen LogP contribution in [-0.4, -0.2) is 65.2 Å². The van der Waals surface area contributed by atoms with E-state index in [1.807, 2.05) is 31.1 Å². The van der Waals surface area contributed by atoms with E-state index in [1.165, 1.54) is 6.42 Å². The summed E-state index contributed by atoms with van der Waals surface area (Å²) in [6.45, 7) is 7.12. The van der Waals surface area contributed by atoms with E-state index in [0.717, 1.165) is 51.4 Å². The molecule has 1 atom stereocenters. The van der Waals surface area contributed by atoms with Gasteiger partial charge in [-0.25, -0.2) is 9.78 Å². The maximum atomic E-state index is 12.1. The Bertz CT molecular complexity index is 473. The minimum Gasteiger partial charge on any atom is -0.338 e. The molecule has 0 aliphatic carbocycles. The first-order chi connectivity index (χ1) is 10.6. The molecule has 2 rings (SSSR count). The Kier molecular flexibility index (Phi) is 6.24. The zero-order valence-corrected chi connectivity index (χ0v) is 14.1. The second-order valence-corrected chi connectivity index (χ2v) is 6.21. The minimum atomic E-state index is 0.0368. The van der Waals surface area contributed by atoms with E-state index in [9.17, 15) is 4.79 Å². The Morgan fingerprint density at radius 1 is 1.55 bits per heavy atom. The monoisotopic (exact) mass is 307 g/mol. The van der Waals surface area contributed by atoms with Crippen LogP contribution in [0.2, 0.25) is 0 Å². The molecular weight excluding hydrogens is 278 g/mol. The average molecular weight is 307 g/mol. The topological polar surface area (TPSA) is 53.4 Å². The number of aryl methyl sites for hydroxylation is 2. The molecule has 2 amide bonds. The zero-order chi connectivity index (χ0) is 15.9. The summed E-state index contributed by atoms with van der Waals surface area (Å²) < 4.78 is 2.03. The maximum absolute atomic E-state index is 12.1. The van der Waals surface area contributed by atoms with Crippen molar-refractivity contribution < 1.29 is 4.79 Å². The number of rotatable bonds is 7. The van der Waals surface area contributed by atoms with Crippen molar-refractivity contribution in [3.05, 3.63) is 18.2 Å². The Balaban J connectivity index is 1.61. The minimum absolute atomic E-state index is 0.0368. The molecule has 1 N–H and O–H groups in total. The van der Waals surface area contributed by atoms with Crippen LogP contribution in [0.1, 0.15) is 25.6 Å². The molecule has 1 aromatic rings. The third kappa shape index (κ3) is 4.73. The van der Waals surface area contributed by atoms with Crippen LogP contribution < -0.4 is 5.32 Å². The molecule has 6 nitrogen and oxygen atoms in total. The van der Waals surface area contributed by atoms with Crippen LogP contribution in [0, 0.1) is 5.92 Å². The summed E-state index contributed by atoms with van der Waals surface area (Å²) in [6.07, 6.45) is 6.79. The van der Waals surface area contributed by atoms with Gasteiger partial charge in [-0.15, -0.1) is 0 Å². The highest BCUT2D eigenvalue weighted by Crippen LogP contribution is 2.14. The van der Waals surface area contributed by atoms with Crippen molar-refractivity contribution in [1.82, 2.24) is 24.7 Å². The summed E-state index contributed by atoms with van der Waals surface area (Å²) in [4.78, 5) is 20.6. The summed E-state index contributed by atoms with van der Waals surface area (Å²) in [5, 5.41) is 3.06. The lowest BCUT2D eigenvalue weighted by atomic mass is 10.1. The van der Waals surface area contributed by atoms with Gasteiger partial charge in [0.05, 0.1) is 0 Å². The Morgan fingerprint density at radius 3 is 3.00 bits per heavy atom. The number of amides is 2. The fraction of sp³-hybridized carbons (Fsp3) is 0.750. The molecule has 124 valence electrons. The number of carbonyl (C=O) groups is 1. The number of urea groups is 1. The van der Waals surface area contributed by atoms with E-state index in [-0.39, 0.29) is 6.03 Å². The molecule has 1 aliphatic rings. The standard InChI is InChI=1S/C16H29N5O/c1-4-21-10-7-14(13-21)12-18-16(22)20(3)9-5-6-15-17-8-11-19(15)2/h8,11,14H,4-7,9-10,12-13H2,1-3H3,(H,18,22). The van der Waals surface area contributed by atoms with Gasteiger partial charge in [0.2, 0.25) is 0 Å². The van der Waals surface area contributed by atoms with Crippen molar-refractivity contribution in [2.24, 2.45) is 13.0 Å². The fourth-order valence-electron chi connectivity index (χ4n) is 2.95. The number of hydrogen-bond donors (Lipinski definition) is 1. The van der Waals surface area contributed by atoms with Crippen LogP contribution in [-0.2, 0) is 13.5 Å². The smallest absolute Gasteiger partial charge is 0.317 e. The lowest BCUT2D eigenvalue weighted by Gasteiger charge is -2.19. The van der Waals surface area contributed by atoms with Gasteiger partial charge in [-0.3, -0.25) is 0 Å². The number of nitrogens with zero attached hydrogens (tertiary/aromatic N) is 4. The molecule has 22 heavy (non-hydrogen) atoms. The fourth-order valence-corrected chi connectivity index (χ4v) is 2.95. The van der Waals surface area contributed by atoms with Crippen molar-refractivity contribution in [2.75, 3.05) is 39.8 Å². The third-order valence-electron chi connectivity index (χ3n) is 4.52. The van der Waals surface area contributed by atoms with Gasteiger partial charge >= 0.3 is 6.03 Å². The van der Waals surface area contributed by atoms with E-state index >= 15 is 0 Å². The predicted octanol–water partition coefficient (Wildman–Crippen LogP) is 1.34. The molecule has 1 aromatic heterocycles. The quantitative estimate of drug-likeness (QED) is 0.827. The molecule has 0 bridgehead atoms. The van der Waals surface area contributed by atoms with E-state index in [2.05, 4.69) is 22.1 Å². The number of aromatic nitrogens is 2.